The van der Waals surface area contributed by atoms with Gasteiger partial charge in [0.2, 0.25) is 0 Å². The van der Waals surface area contributed by atoms with Gasteiger partial charge in [-0.1, -0.05) is 176 Å². The summed E-state index contributed by atoms with van der Waals surface area (Å²) < 4.78 is 4.80. The molecule has 0 spiro atoms. The van der Waals surface area contributed by atoms with Crippen molar-refractivity contribution < 1.29 is 0 Å². The van der Waals surface area contributed by atoms with Crippen LogP contribution < -0.4 is 0 Å². The summed E-state index contributed by atoms with van der Waals surface area (Å²) in [7, 11) is 0. The molecule has 326 valence electrons. The van der Waals surface area contributed by atoms with Crippen molar-refractivity contribution in [1.82, 2.24) is 34.1 Å². The Morgan fingerprint density at radius 2 is 0.629 bits per heavy atom. The molecule has 5 heterocycles. The Bertz CT molecular complexity index is 4310. The fraction of sp³-hybridized carbons (Fsp3) is 0. The van der Waals surface area contributed by atoms with E-state index >= 15 is 0 Å². The Labute approximate surface area is 400 Å². The van der Waals surface area contributed by atoms with Gasteiger partial charge in [-0.2, -0.15) is 0 Å². The monoisotopic (exact) mass is 893 g/mol. The van der Waals surface area contributed by atoms with Gasteiger partial charge in [0.25, 0.3) is 0 Å². The summed E-state index contributed by atoms with van der Waals surface area (Å²) in [6.07, 6.45) is 0. The third-order valence-electron chi connectivity index (χ3n) is 14.3. The van der Waals surface area contributed by atoms with Gasteiger partial charge in [0, 0.05) is 82.2 Å². The number of H-pyrrole nitrogens is 2. The first-order valence-corrected chi connectivity index (χ1v) is 23.7. The molecule has 2 N–H and O–H groups in total. The molecule has 7 heteroatoms. The highest BCUT2D eigenvalue weighted by molar-refractivity contribution is 6.25. The van der Waals surface area contributed by atoms with Crippen LogP contribution in [-0.2, 0) is 0 Å². The van der Waals surface area contributed by atoms with Crippen LogP contribution in [0.4, 0.5) is 0 Å². The van der Waals surface area contributed by atoms with Crippen molar-refractivity contribution in [1.29, 1.82) is 0 Å². The molecule has 0 amide bonds. The summed E-state index contributed by atoms with van der Waals surface area (Å²) in [6, 6.07) is 79.6. The molecule has 15 aromatic rings. The number of aromatic amines is 2. The molecule has 0 saturated heterocycles. The number of hydrogen-bond acceptors (Lipinski definition) is 3. The molecule has 0 bridgehead atoms. The molecule has 70 heavy (non-hydrogen) atoms. The fourth-order valence-corrected chi connectivity index (χ4v) is 11.2. The molecule has 15 rings (SSSR count). The van der Waals surface area contributed by atoms with E-state index in [1.807, 2.05) is 6.07 Å². The molecule has 0 radical (unpaired) electrons. The van der Waals surface area contributed by atoms with E-state index in [1.54, 1.807) is 0 Å². The first-order chi connectivity index (χ1) is 34.7. The second-order valence-corrected chi connectivity index (χ2v) is 18.1. The standard InChI is InChI=1S/C63H39N7/c1-4-16-38(17-5-1)39-30-32-40(33-31-39)61-66-62(51-26-14-24-47-49-36-34-45-43-22-10-12-28-53(43)64-55(45)59(49)69(57(47)51)41-18-6-2-7-19-41)68-63(67-61)52-27-15-25-48-50-37-35-46-44-23-11-13-29-54(44)65-56(46)60(50)70(58(48)52)42-20-8-3-9-21-42/h1-37,64-65H. The van der Waals surface area contributed by atoms with Crippen molar-refractivity contribution in [3.63, 3.8) is 0 Å². The lowest BCUT2D eigenvalue weighted by Crippen LogP contribution is -2.03. The molecular weight excluding hydrogens is 855 g/mol. The van der Waals surface area contributed by atoms with Gasteiger partial charge in [-0.05, 0) is 59.7 Å². The van der Waals surface area contributed by atoms with Crippen LogP contribution >= 0.6 is 0 Å². The highest BCUT2D eigenvalue weighted by Gasteiger charge is 2.25. The van der Waals surface area contributed by atoms with E-state index in [1.165, 1.54) is 21.5 Å². The Balaban J connectivity index is 1.05. The number of para-hydroxylation sites is 6. The summed E-state index contributed by atoms with van der Waals surface area (Å²) in [5.74, 6) is 1.76. The van der Waals surface area contributed by atoms with Gasteiger partial charge in [-0.15, -0.1) is 0 Å². The molecule has 0 saturated carbocycles. The van der Waals surface area contributed by atoms with Gasteiger partial charge >= 0.3 is 0 Å². The zero-order valence-electron chi connectivity index (χ0n) is 37.6. The minimum Gasteiger partial charge on any atom is -0.353 e. The average Bonchev–Trinajstić information content (AvgIpc) is 4.19. The Kier molecular flexibility index (Phi) is 8.23. The first kappa shape index (κ1) is 38.5. The maximum atomic E-state index is 5.60. The van der Waals surface area contributed by atoms with Crippen LogP contribution in [0.3, 0.4) is 0 Å². The SMILES string of the molecule is c1ccc(-c2ccc(-c3nc(-c4cccc5c6ccc7c8ccccc8[nH]c7c6n(-c6ccccc6)c45)nc(-c4cccc5c6ccc7c8ccccc8[nH]c7c6n(-c6ccccc6)c45)n3)cc2)cc1. The van der Waals surface area contributed by atoms with Crippen molar-refractivity contribution in [2.75, 3.05) is 0 Å². The third kappa shape index (κ3) is 5.66. The molecule has 0 fully saturated rings. The fourth-order valence-electron chi connectivity index (χ4n) is 11.2. The number of nitrogens with zero attached hydrogens (tertiary/aromatic N) is 5. The molecule has 0 unspecified atom stereocenters. The predicted molar refractivity (Wildman–Crippen MR) is 289 cm³/mol. The molecular formula is C63H39N7. The van der Waals surface area contributed by atoms with Crippen LogP contribution in [0.5, 0.6) is 0 Å². The predicted octanol–water partition coefficient (Wildman–Crippen LogP) is 16.0. The van der Waals surface area contributed by atoms with Crippen LogP contribution in [0.1, 0.15) is 0 Å². The second kappa shape index (κ2) is 15.0. The highest BCUT2D eigenvalue weighted by atomic mass is 15.1. The number of nitrogens with one attached hydrogen (secondary N) is 2. The summed E-state index contributed by atoms with van der Waals surface area (Å²) in [5, 5.41) is 9.27. The van der Waals surface area contributed by atoms with E-state index in [-0.39, 0.29) is 0 Å². The van der Waals surface area contributed by atoms with Crippen LogP contribution in [0, 0.1) is 0 Å². The van der Waals surface area contributed by atoms with Gasteiger partial charge in [0.05, 0.1) is 33.1 Å². The van der Waals surface area contributed by atoms with Crippen molar-refractivity contribution >= 4 is 87.2 Å². The number of benzene rings is 10. The molecule has 7 nitrogen and oxygen atoms in total. The smallest absolute Gasteiger partial charge is 0.166 e. The van der Waals surface area contributed by atoms with Crippen LogP contribution in [0.2, 0.25) is 0 Å². The van der Waals surface area contributed by atoms with E-state index < -0.39 is 0 Å². The van der Waals surface area contributed by atoms with Crippen molar-refractivity contribution in [2.24, 2.45) is 0 Å². The number of hydrogen-bond donors (Lipinski definition) is 2. The van der Waals surface area contributed by atoms with E-state index in [9.17, 15) is 0 Å². The lowest BCUT2D eigenvalue weighted by Gasteiger charge is -2.14. The summed E-state index contributed by atoms with van der Waals surface area (Å²) >= 11 is 0. The van der Waals surface area contributed by atoms with Crippen molar-refractivity contribution in [2.45, 2.75) is 0 Å². The van der Waals surface area contributed by atoms with Crippen LogP contribution in [0.15, 0.2) is 224 Å². The molecule has 0 atom stereocenters. The summed E-state index contributed by atoms with van der Waals surface area (Å²) in [5.41, 5.74) is 15.7. The lowest BCUT2D eigenvalue weighted by atomic mass is 10.0. The van der Waals surface area contributed by atoms with Gasteiger partial charge in [-0.3, -0.25) is 0 Å². The third-order valence-corrected chi connectivity index (χ3v) is 14.3. The molecule has 0 aliphatic carbocycles. The quantitative estimate of drug-likeness (QED) is 0.174. The molecule has 0 aliphatic rings. The summed E-state index contributed by atoms with van der Waals surface area (Å²) in [6.45, 7) is 0. The van der Waals surface area contributed by atoms with Crippen molar-refractivity contribution in [3.8, 4) is 56.7 Å². The zero-order valence-corrected chi connectivity index (χ0v) is 37.6. The Morgan fingerprint density at radius 3 is 1.13 bits per heavy atom. The highest BCUT2D eigenvalue weighted by Crippen LogP contribution is 2.45. The second-order valence-electron chi connectivity index (χ2n) is 18.1. The van der Waals surface area contributed by atoms with E-state index in [2.05, 4.69) is 237 Å². The molecule has 0 aliphatic heterocycles. The van der Waals surface area contributed by atoms with Gasteiger partial charge in [0.15, 0.2) is 17.5 Å². The minimum atomic E-state index is 0.586. The number of aromatic nitrogens is 7. The molecule has 5 aromatic heterocycles. The Hall–Kier alpha value is -9.59. The first-order valence-electron chi connectivity index (χ1n) is 23.7. The Morgan fingerprint density at radius 1 is 0.257 bits per heavy atom. The zero-order chi connectivity index (χ0) is 45.9. The van der Waals surface area contributed by atoms with E-state index in [0.29, 0.717) is 17.5 Å². The van der Waals surface area contributed by atoms with E-state index in [0.717, 1.165) is 105 Å². The maximum absolute atomic E-state index is 5.60. The van der Waals surface area contributed by atoms with Crippen LogP contribution in [0.25, 0.3) is 144 Å². The minimum absolute atomic E-state index is 0.586. The van der Waals surface area contributed by atoms with Gasteiger partial charge < -0.3 is 19.1 Å². The van der Waals surface area contributed by atoms with Crippen LogP contribution in [-0.4, -0.2) is 34.1 Å². The normalized spacial score (nSPS) is 12.0. The van der Waals surface area contributed by atoms with Crippen molar-refractivity contribution in [3.05, 3.63) is 224 Å². The maximum Gasteiger partial charge on any atom is 0.166 e. The lowest BCUT2D eigenvalue weighted by molar-refractivity contribution is 1.07. The molecule has 10 aromatic carbocycles. The number of rotatable bonds is 6. The van der Waals surface area contributed by atoms with Gasteiger partial charge in [-0.25, -0.2) is 15.0 Å². The topological polar surface area (TPSA) is 80.1 Å². The summed E-state index contributed by atoms with van der Waals surface area (Å²) in [4.78, 5) is 24.2. The van der Waals surface area contributed by atoms with Gasteiger partial charge in [0.1, 0.15) is 0 Å². The van der Waals surface area contributed by atoms with E-state index in [4.69, 9.17) is 15.0 Å². The number of fused-ring (bicyclic) bond motifs is 14. The largest absolute Gasteiger partial charge is 0.353 e. The average molecular weight is 894 g/mol.